The normalized spacial score (nSPS) is 19.3. The lowest BCUT2D eigenvalue weighted by Crippen LogP contribution is -2.36. The molecule has 1 aromatic carbocycles. The van der Waals surface area contributed by atoms with Crippen LogP contribution >= 0.6 is 11.8 Å². The zero-order valence-corrected chi connectivity index (χ0v) is 17.3. The van der Waals surface area contributed by atoms with E-state index in [1.54, 1.807) is 11.8 Å². The van der Waals surface area contributed by atoms with Gasteiger partial charge in [-0.05, 0) is 36.6 Å². The van der Waals surface area contributed by atoms with Crippen molar-refractivity contribution in [1.82, 2.24) is 10.3 Å². The summed E-state index contributed by atoms with van der Waals surface area (Å²) in [4.78, 5) is 20.5. The van der Waals surface area contributed by atoms with Crippen molar-refractivity contribution in [2.45, 2.75) is 30.4 Å². The number of ether oxygens (including phenoxy) is 2. The number of hydrogen-bond acceptors (Lipinski definition) is 6. The van der Waals surface area contributed by atoms with Crippen LogP contribution in [0.5, 0.6) is 0 Å². The summed E-state index contributed by atoms with van der Waals surface area (Å²) >= 11 is 1.70. The number of morpholine rings is 1. The Bertz CT molecular complexity index is 803. The van der Waals surface area contributed by atoms with Gasteiger partial charge in [0, 0.05) is 43.1 Å². The van der Waals surface area contributed by atoms with Crippen LogP contribution in [0.15, 0.2) is 47.5 Å². The lowest BCUT2D eigenvalue weighted by atomic mass is 10.2. The highest BCUT2D eigenvalue weighted by Crippen LogP contribution is 2.26. The molecule has 2 aromatic rings. The number of benzene rings is 1. The summed E-state index contributed by atoms with van der Waals surface area (Å²) in [6.07, 6.45) is 4.37. The molecule has 1 N–H and O–H groups in total. The quantitative estimate of drug-likeness (QED) is 0.704. The molecule has 1 aromatic heterocycles. The molecule has 29 heavy (non-hydrogen) atoms. The van der Waals surface area contributed by atoms with E-state index in [0.717, 1.165) is 67.8 Å². The van der Waals surface area contributed by atoms with Crippen LogP contribution in [0.25, 0.3) is 0 Å². The van der Waals surface area contributed by atoms with Gasteiger partial charge in [-0.25, -0.2) is 4.98 Å². The maximum Gasteiger partial charge on any atom is 0.252 e. The summed E-state index contributed by atoms with van der Waals surface area (Å²) in [7, 11) is 0. The topological polar surface area (TPSA) is 63.7 Å². The highest BCUT2D eigenvalue weighted by atomic mass is 32.2. The van der Waals surface area contributed by atoms with Gasteiger partial charge in [-0.1, -0.05) is 18.2 Å². The van der Waals surface area contributed by atoms with Crippen molar-refractivity contribution in [3.63, 3.8) is 0 Å². The van der Waals surface area contributed by atoms with Crippen LogP contribution in [0, 0.1) is 0 Å². The molecule has 1 unspecified atom stereocenters. The molecule has 0 bridgehead atoms. The number of nitrogens with one attached hydrogen (secondary N) is 1. The van der Waals surface area contributed by atoms with Crippen molar-refractivity contribution >= 4 is 23.5 Å². The lowest BCUT2D eigenvalue weighted by Gasteiger charge is -2.27. The van der Waals surface area contributed by atoms with Crippen LogP contribution in [-0.2, 0) is 16.0 Å². The maximum atomic E-state index is 12.8. The monoisotopic (exact) mass is 413 g/mol. The summed E-state index contributed by atoms with van der Waals surface area (Å²) in [5, 5.41) is 3.03. The number of aromatic nitrogens is 1. The number of carbonyl (C=O) groups is 1. The van der Waals surface area contributed by atoms with E-state index < -0.39 is 0 Å². The average molecular weight is 414 g/mol. The fourth-order valence-corrected chi connectivity index (χ4v) is 4.64. The first-order chi connectivity index (χ1) is 14.3. The molecule has 7 heteroatoms. The molecule has 2 aliphatic rings. The molecular formula is C22H27N3O3S. The predicted octanol–water partition coefficient (Wildman–Crippen LogP) is 3.12. The molecule has 0 spiro atoms. The molecule has 0 aliphatic carbocycles. The number of hydrogen-bond donors (Lipinski definition) is 1. The number of pyridine rings is 1. The Morgan fingerprint density at radius 3 is 2.79 bits per heavy atom. The fourth-order valence-electron chi connectivity index (χ4n) is 3.52. The Balaban J connectivity index is 1.32. The van der Waals surface area contributed by atoms with E-state index in [0.29, 0.717) is 18.2 Å². The second-order valence-electron chi connectivity index (χ2n) is 7.25. The van der Waals surface area contributed by atoms with Gasteiger partial charge in [-0.15, -0.1) is 11.8 Å². The minimum Gasteiger partial charge on any atom is -0.378 e. The van der Waals surface area contributed by atoms with Crippen molar-refractivity contribution in [3.8, 4) is 0 Å². The number of rotatable bonds is 7. The van der Waals surface area contributed by atoms with Crippen LogP contribution in [0.4, 0.5) is 5.82 Å². The molecule has 6 nitrogen and oxygen atoms in total. The minimum atomic E-state index is -0.0577. The van der Waals surface area contributed by atoms with Crippen molar-refractivity contribution in [3.05, 3.63) is 53.7 Å². The third-order valence-electron chi connectivity index (χ3n) is 5.18. The molecule has 4 rings (SSSR count). The van der Waals surface area contributed by atoms with Gasteiger partial charge in [0.2, 0.25) is 0 Å². The van der Waals surface area contributed by atoms with Crippen molar-refractivity contribution in [1.29, 1.82) is 0 Å². The number of nitrogens with zero attached hydrogens (tertiary/aromatic N) is 2. The molecule has 0 radical (unpaired) electrons. The van der Waals surface area contributed by atoms with Gasteiger partial charge in [0.25, 0.3) is 5.91 Å². The van der Waals surface area contributed by atoms with Gasteiger partial charge in [-0.3, -0.25) is 4.79 Å². The third kappa shape index (κ3) is 5.50. The molecular weight excluding hydrogens is 386 g/mol. The van der Waals surface area contributed by atoms with E-state index in [2.05, 4.69) is 15.2 Å². The fraction of sp³-hybridized carbons (Fsp3) is 0.455. The second kappa shape index (κ2) is 10.1. The molecule has 0 saturated carbocycles. The molecule has 2 fully saturated rings. The first-order valence-corrected chi connectivity index (χ1v) is 11.2. The molecule has 3 heterocycles. The zero-order valence-electron chi connectivity index (χ0n) is 16.5. The third-order valence-corrected chi connectivity index (χ3v) is 6.38. The Morgan fingerprint density at radius 1 is 1.17 bits per heavy atom. The Labute approximate surface area is 176 Å². The van der Waals surface area contributed by atoms with Crippen molar-refractivity contribution in [2.75, 3.05) is 43.6 Å². The summed E-state index contributed by atoms with van der Waals surface area (Å²) in [5.41, 5.74) is 1.70. The highest BCUT2D eigenvalue weighted by Gasteiger charge is 2.18. The van der Waals surface area contributed by atoms with E-state index >= 15 is 0 Å². The van der Waals surface area contributed by atoms with Gasteiger partial charge >= 0.3 is 0 Å². The van der Waals surface area contributed by atoms with Crippen LogP contribution in [0.2, 0.25) is 0 Å². The minimum absolute atomic E-state index is 0.0577. The average Bonchev–Trinajstić information content (AvgIpc) is 3.31. The Hall–Kier alpha value is -2.09. The van der Waals surface area contributed by atoms with Gasteiger partial charge in [0.05, 0.1) is 24.9 Å². The van der Waals surface area contributed by atoms with Crippen molar-refractivity contribution in [2.24, 2.45) is 0 Å². The van der Waals surface area contributed by atoms with E-state index in [9.17, 15) is 4.79 Å². The first kappa shape index (κ1) is 20.2. The van der Waals surface area contributed by atoms with E-state index in [-0.39, 0.29) is 5.91 Å². The van der Waals surface area contributed by atoms with Crippen LogP contribution in [0.1, 0.15) is 28.8 Å². The van der Waals surface area contributed by atoms with Crippen LogP contribution in [0.3, 0.4) is 0 Å². The SMILES string of the molecule is O=C(NCc1ccc(N2CCOCC2)nc1)c1ccccc1SCC1CCCO1. The van der Waals surface area contributed by atoms with Gasteiger partial charge in [-0.2, -0.15) is 0 Å². The van der Waals surface area contributed by atoms with Gasteiger partial charge < -0.3 is 19.7 Å². The van der Waals surface area contributed by atoms with E-state index in [1.165, 1.54) is 0 Å². The van der Waals surface area contributed by atoms with Crippen molar-refractivity contribution < 1.29 is 14.3 Å². The zero-order chi connectivity index (χ0) is 19.9. The maximum absolute atomic E-state index is 12.8. The first-order valence-electron chi connectivity index (χ1n) is 10.2. The second-order valence-corrected chi connectivity index (χ2v) is 8.31. The van der Waals surface area contributed by atoms with Crippen LogP contribution < -0.4 is 10.2 Å². The summed E-state index contributed by atoms with van der Waals surface area (Å²) in [5.74, 6) is 1.79. The molecule has 154 valence electrons. The Morgan fingerprint density at radius 2 is 2.03 bits per heavy atom. The smallest absolute Gasteiger partial charge is 0.252 e. The van der Waals surface area contributed by atoms with E-state index in [1.807, 2.05) is 42.6 Å². The number of anilines is 1. The molecule has 1 atom stereocenters. The largest absolute Gasteiger partial charge is 0.378 e. The van der Waals surface area contributed by atoms with E-state index in [4.69, 9.17) is 9.47 Å². The van der Waals surface area contributed by atoms with Gasteiger partial charge in [0.15, 0.2) is 0 Å². The standard InChI is InChI=1S/C22H27N3O3S/c26-22(19-5-1-2-6-20(19)29-16-18-4-3-11-28-18)24-15-17-7-8-21(23-14-17)25-9-12-27-13-10-25/h1-2,5-8,14,18H,3-4,9-13,15-16H2,(H,24,26). The number of amides is 1. The number of carbonyl (C=O) groups excluding carboxylic acids is 1. The molecule has 2 aliphatic heterocycles. The summed E-state index contributed by atoms with van der Waals surface area (Å²) in [6.45, 7) is 4.52. The van der Waals surface area contributed by atoms with Crippen LogP contribution in [-0.4, -0.2) is 55.7 Å². The lowest BCUT2D eigenvalue weighted by molar-refractivity contribution is 0.0947. The van der Waals surface area contributed by atoms with Gasteiger partial charge in [0.1, 0.15) is 5.82 Å². The number of thioether (sulfide) groups is 1. The molecule has 2 saturated heterocycles. The molecule has 1 amide bonds. The summed E-state index contributed by atoms with van der Waals surface area (Å²) in [6, 6.07) is 11.8. The highest BCUT2D eigenvalue weighted by molar-refractivity contribution is 7.99. The Kier molecular flexibility index (Phi) is 7.03. The summed E-state index contributed by atoms with van der Waals surface area (Å²) < 4.78 is 11.1. The predicted molar refractivity (Wildman–Crippen MR) is 115 cm³/mol.